The topological polar surface area (TPSA) is 69.1 Å². The van der Waals surface area contributed by atoms with E-state index in [1.165, 1.54) is 0 Å². The van der Waals surface area contributed by atoms with Crippen LogP contribution in [0.5, 0.6) is 0 Å². The van der Waals surface area contributed by atoms with Gasteiger partial charge in [0.05, 0.1) is 0 Å². The van der Waals surface area contributed by atoms with E-state index in [9.17, 15) is 4.79 Å². The number of nitrogens with two attached hydrogens (primary N) is 2. The lowest BCUT2D eigenvalue weighted by molar-refractivity contribution is 0.0999. The predicted molar refractivity (Wildman–Crippen MR) is 56.9 cm³/mol. The van der Waals surface area contributed by atoms with E-state index < -0.39 is 0 Å². The van der Waals surface area contributed by atoms with Crippen LogP contribution in [0.25, 0.3) is 0 Å². The van der Waals surface area contributed by atoms with Crippen LogP contribution in [0.4, 0.5) is 0 Å². The Balaban J connectivity index is 2.90. The summed E-state index contributed by atoms with van der Waals surface area (Å²) in [7, 11) is 0. The maximum absolute atomic E-state index is 11.1. The second kappa shape index (κ2) is 4.77. The van der Waals surface area contributed by atoms with Crippen LogP contribution in [0.2, 0.25) is 0 Å². The Bertz CT molecular complexity index is 323. The number of hydrogen-bond donors (Lipinski definition) is 2. The van der Waals surface area contributed by atoms with E-state index in [2.05, 4.69) is 0 Å². The summed E-state index contributed by atoms with van der Waals surface area (Å²) < 4.78 is 0. The molecule has 0 aromatic heterocycles. The lowest BCUT2D eigenvalue weighted by atomic mass is 9.99. The zero-order chi connectivity index (χ0) is 10.6. The Morgan fingerprint density at radius 2 is 2.07 bits per heavy atom. The van der Waals surface area contributed by atoms with Gasteiger partial charge in [0, 0.05) is 11.6 Å². The molecule has 1 atom stereocenters. The molecular weight excluding hydrogens is 176 g/mol. The van der Waals surface area contributed by atoms with Crippen LogP contribution in [0.1, 0.15) is 29.3 Å². The molecule has 1 aromatic carbocycles. The van der Waals surface area contributed by atoms with Crippen LogP contribution >= 0.6 is 0 Å². The van der Waals surface area contributed by atoms with Gasteiger partial charge in [0.2, 0.25) is 5.91 Å². The highest BCUT2D eigenvalue weighted by molar-refractivity contribution is 5.94. The van der Waals surface area contributed by atoms with E-state index in [-0.39, 0.29) is 11.9 Å². The number of primary amides is 1. The average Bonchev–Trinajstić information content (AvgIpc) is 2.18. The van der Waals surface area contributed by atoms with Gasteiger partial charge < -0.3 is 11.5 Å². The summed E-state index contributed by atoms with van der Waals surface area (Å²) in [6.45, 7) is 2.03. The maximum Gasteiger partial charge on any atom is 0.248 e. The minimum atomic E-state index is -0.385. The Hall–Kier alpha value is -1.35. The summed E-state index contributed by atoms with van der Waals surface area (Å²) in [5.41, 5.74) is 12.6. The molecule has 0 bridgehead atoms. The fourth-order valence-electron chi connectivity index (χ4n) is 1.37. The summed E-state index contributed by atoms with van der Waals surface area (Å²) in [6, 6.07) is 7.43. The minimum absolute atomic E-state index is 0.0931. The number of rotatable bonds is 4. The molecule has 1 amide bonds. The molecule has 0 saturated heterocycles. The molecule has 3 heteroatoms. The Morgan fingerprint density at radius 3 is 2.64 bits per heavy atom. The van der Waals surface area contributed by atoms with E-state index in [0.29, 0.717) is 12.0 Å². The van der Waals surface area contributed by atoms with Crippen LogP contribution in [0.15, 0.2) is 24.3 Å². The Labute approximate surface area is 84.1 Å². The molecule has 1 rings (SSSR count). The van der Waals surface area contributed by atoms with Crippen molar-refractivity contribution in [2.24, 2.45) is 11.5 Å². The van der Waals surface area contributed by atoms with Gasteiger partial charge in [-0.3, -0.25) is 4.79 Å². The van der Waals surface area contributed by atoms with Crippen molar-refractivity contribution in [1.29, 1.82) is 0 Å². The number of amides is 1. The first-order valence-electron chi connectivity index (χ1n) is 4.78. The fourth-order valence-corrected chi connectivity index (χ4v) is 1.37. The molecule has 0 fully saturated rings. The first-order valence-corrected chi connectivity index (χ1v) is 4.78. The quantitative estimate of drug-likeness (QED) is 0.749. The van der Waals surface area contributed by atoms with Crippen molar-refractivity contribution in [3.63, 3.8) is 0 Å². The maximum atomic E-state index is 11.1. The number of benzene rings is 1. The van der Waals surface area contributed by atoms with Crippen molar-refractivity contribution < 1.29 is 4.79 Å². The molecule has 0 heterocycles. The monoisotopic (exact) mass is 192 g/mol. The molecule has 0 saturated carbocycles. The molecule has 14 heavy (non-hydrogen) atoms. The molecule has 0 radical (unpaired) electrons. The van der Waals surface area contributed by atoms with Gasteiger partial charge in [-0.05, 0) is 24.5 Å². The molecule has 0 aliphatic rings. The smallest absolute Gasteiger partial charge is 0.248 e. The molecule has 4 N–H and O–H groups in total. The first kappa shape index (κ1) is 10.7. The third kappa shape index (κ3) is 2.57. The highest BCUT2D eigenvalue weighted by atomic mass is 16.1. The normalized spacial score (nSPS) is 12.4. The molecule has 0 aliphatic carbocycles. The lowest BCUT2D eigenvalue weighted by Gasteiger charge is -2.11. The second-order valence-corrected chi connectivity index (χ2v) is 3.39. The van der Waals surface area contributed by atoms with E-state index >= 15 is 0 Å². The summed E-state index contributed by atoms with van der Waals surface area (Å²) in [5.74, 6) is -0.385. The first-order chi connectivity index (χ1) is 6.65. The van der Waals surface area contributed by atoms with E-state index in [4.69, 9.17) is 11.5 Å². The molecule has 0 spiro atoms. The number of hydrogen-bond acceptors (Lipinski definition) is 2. The third-order valence-electron chi connectivity index (χ3n) is 2.29. The molecule has 3 nitrogen and oxygen atoms in total. The lowest BCUT2D eigenvalue weighted by Crippen LogP contribution is -2.23. The third-order valence-corrected chi connectivity index (χ3v) is 2.29. The van der Waals surface area contributed by atoms with Crippen molar-refractivity contribution >= 4 is 5.91 Å². The highest BCUT2D eigenvalue weighted by Crippen LogP contribution is 2.10. The SMILES string of the molecule is CCC(N)Cc1ccccc1C(N)=O. The van der Waals surface area contributed by atoms with Crippen LogP contribution in [-0.4, -0.2) is 11.9 Å². The fraction of sp³-hybridized carbons (Fsp3) is 0.364. The van der Waals surface area contributed by atoms with Crippen molar-refractivity contribution in [1.82, 2.24) is 0 Å². The summed E-state index contributed by atoms with van der Waals surface area (Å²) in [6.07, 6.45) is 1.60. The van der Waals surface area contributed by atoms with Crippen molar-refractivity contribution in [3.05, 3.63) is 35.4 Å². The van der Waals surface area contributed by atoms with Gasteiger partial charge in [0.15, 0.2) is 0 Å². The van der Waals surface area contributed by atoms with Gasteiger partial charge in [-0.2, -0.15) is 0 Å². The molecule has 1 unspecified atom stereocenters. The van der Waals surface area contributed by atoms with Gasteiger partial charge in [0.1, 0.15) is 0 Å². The van der Waals surface area contributed by atoms with Gasteiger partial charge in [-0.25, -0.2) is 0 Å². The van der Waals surface area contributed by atoms with E-state index in [0.717, 1.165) is 12.0 Å². The molecule has 1 aromatic rings. The summed E-state index contributed by atoms with van der Waals surface area (Å²) >= 11 is 0. The highest BCUT2D eigenvalue weighted by Gasteiger charge is 2.09. The van der Waals surface area contributed by atoms with Crippen LogP contribution in [-0.2, 0) is 6.42 Å². The van der Waals surface area contributed by atoms with Gasteiger partial charge in [-0.15, -0.1) is 0 Å². The van der Waals surface area contributed by atoms with Crippen LogP contribution in [0.3, 0.4) is 0 Å². The zero-order valence-electron chi connectivity index (χ0n) is 8.36. The van der Waals surface area contributed by atoms with Crippen LogP contribution < -0.4 is 11.5 Å². The van der Waals surface area contributed by atoms with Gasteiger partial charge in [0.25, 0.3) is 0 Å². The van der Waals surface area contributed by atoms with Crippen molar-refractivity contribution in [2.45, 2.75) is 25.8 Å². The van der Waals surface area contributed by atoms with Crippen molar-refractivity contribution in [3.8, 4) is 0 Å². The number of carbonyl (C=O) groups is 1. The van der Waals surface area contributed by atoms with Crippen LogP contribution in [0, 0.1) is 0 Å². The van der Waals surface area contributed by atoms with E-state index in [1.54, 1.807) is 12.1 Å². The summed E-state index contributed by atoms with van der Waals surface area (Å²) in [4.78, 5) is 11.1. The zero-order valence-corrected chi connectivity index (χ0v) is 8.36. The van der Waals surface area contributed by atoms with Crippen molar-refractivity contribution in [2.75, 3.05) is 0 Å². The number of carbonyl (C=O) groups excluding carboxylic acids is 1. The van der Waals surface area contributed by atoms with Gasteiger partial charge >= 0.3 is 0 Å². The van der Waals surface area contributed by atoms with E-state index in [1.807, 2.05) is 19.1 Å². The standard InChI is InChI=1S/C11H16N2O/c1-2-9(12)7-8-5-3-4-6-10(8)11(13)14/h3-6,9H,2,7,12H2,1H3,(H2,13,14). The van der Waals surface area contributed by atoms with Gasteiger partial charge in [-0.1, -0.05) is 25.1 Å². The largest absolute Gasteiger partial charge is 0.366 e. The molecular formula is C11H16N2O. The minimum Gasteiger partial charge on any atom is -0.366 e. The predicted octanol–water partition coefficient (Wildman–Crippen LogP) is 1.07. The average molecular weight is 192 g/mol. The molecule has 0 aliphatic heterocycles. The Kier molecular flexibility index (Phi) is 3.65. The second-order valence-electron chi connectivity index (χ2n) is 3.39. The Morgan fingerprint density at radius 1 is 1.43 bits per heavy atom. The molecule has 76 valence electrons. The summed E-state index contributed by atoms with van der Waals surface area (Å²) in [5, 5.41) is 0.